The molecule has 2 bridgehead atoms. The first-order valence-electron chi connectivity index (χ1n) is 13.4. The largest absolute Gasteiger partial charge is 0.494 e. The van der Waals surface area contributed by atoms with Crippen LogP contribution in [-0.2, 0) is 30.2 Å². The van der Waals surface area contributed by atoms with E-state index in [0.717, 1.165) is 23.2 Å². The first-order valence-corrected chi connectivity index (χ1v) is 13.4. The van der Waals surface area contributed by atoms with E-state index in [9.17, 15) is 24.0 Å². The molecule has 2 unspecified atom stereocenters. The van der Waals surface area contributed by atoms with Gasteiger partial charge in [0.1, 0.15) is 6.04 Å². The van der Waals surface area contributed by atoms with Crippen LogP contribution < -0.4 is 16.1 Å². The minimum Gasteiger partial charge on any atom is -0.402 e. The third-order valence-corrected chi connectivity index (χ3v) is 8.84. The predicted octanol–water partition coefficient (Wildman–Crippen LogP) is 0.539. The topological polar surface area (TPSA) is 131 Å². The maximum absolute atomic E-state index is 13.3. The quantitative estimate of drug-likeness (QED) is 0.429. The molecule has 0 spiro atoms. The van der Waals surface area contributed by atoms with E-state index in [-0.39, 0.29) is 66.4 Å². The van der Waals surface area contributed by atoms with E-state index in [1.165, 1.54) is 0 Å². The lowest BCUT2D eigenvalue weighted by atomic mass is 9.79. The lowest BCUT2D eigenvalue weighted by Crippen LogP contribution is -2.54. The third kappa shape index (κ3) is 3.82. The number of imide groups is 2. The van der Waals surface area contributed by atoms with Crippen molar-refractivity contribution < 1.29 is 33.3 Å². The summed E-state index contributed by atoms with van der Waals surface area (Å²) in [5, 5.41) is 5.18. The van der Waals surface area contributed by atoms with Gasteiger partial charge in [-0.25, -0.2) is 0 Å². The van der Waals surface area contributed by atoms with E-state index in [2.05, 4.69) is 10.6 Å². The minimum atomic E-state index is -1.03. The summed E-state index contributed by atoms with van der Waals surface area (Å²) in [6.07, 6.45) is 1.60. The van der Waals surface area contributed by atoms with Crippen LogP contribution in [0.1, 0.15) is 52.0 Å². The molecule has 0 aromatic heterocycles. The van der Waals surface area contributed by atoms with Gasteiger partial charge in [-0.3, -0.25) is 34.2 Å². The van der Waals surface area contributed by atoms with Gasteiger partial charge in [0, 0.05) is 18.9 Å². The van der Waals surface area contributed by atoms with Gasteiger partial charge >= 0.3 is 7.12 Å². The predicted molar refractivity (Wildman–Crippen MR) is 136 cm³/mol. The van der Waals surface area contributed by atoms with Gasteiger partial charge in [-0.1, -0.05) is 42.5 Å². The number of benzene rings is 2. The van der Waals surface area contributed by atoms with Crippen LogP contribution in [0.4, 0.5) is 0 Å². The maximum Gasteiger partial charge on any atom is 0.494 e. The minimum absolute atomic E-state index is 0.0106. The van der Waals surface area contributed by atoms with Crippen molar-refractivity contribution in [3.8, 4) is 0 Å². The second-order valence-corrected chi connectivity index (χ2v) is 11.0. The van der Waals surface area contributed by atoms with Gasteiger partial charge in [0.2, 0.25) is 17.7 Å². The van der Waals surface area contributed by atoms with E-state index in [4.69, 9.17) is 9.31 Å². The highest BCUT2D eigenvalue weighted by molar-refractivity contribution is 6.61. The molecule has 3 aliphatic heterocycles. The summed E-state index contributed by atoms with van der Waals surface area (Å²) in [5.41, 5.74) is 1.87. The molecule has 5 amide bonds. The number of carbonyl (C=O) groups is 5. The summed E-state index contributed by atoms with van der Waals surface area (Å²) in [6.45, 7) is 0.0796. The number of fused-ring (bicyclic) bond motifs is 6. The summed E-state index contributed by atoms with van der Waals surface area (Å²) in [6, 6.07) is 13.7. The summed E-state index contributed by atoms with van der Waals surface area (Å²) in [5.74, 6) is -2.24. The highest BCUT2D eigenvalue weighted by Gasteiger charge is 2.60. The Kier molecular flexibility index (Phi) is 5.67. The summed E-state index contributed by atoms with van der Waals surface area (Å²) in [7, 11) is -0.420. The SMILES string of the molecule is O=C1CCC(N2C(=O)c3cccc(CNC(=O)C4C[C@@H]5C[C@H]4[C@H]4OB(c6ccccc6)O[C@@H]54)c3C2=O)C(=O)N1. The van der Waals surface area contributed by atoms with Crippen molar-refractivity contribution in [2.24, 2.45) is 17.8 Å². The van der Waals surface area contributed by atoms with E-state index < -0.39 is 36.8 Å². The number of rotatable bonds is 5. The van der Waals surface area contributed by atoms with Gasteiger partial charge in [0.15, 0.2) is 0 Å². The highest BCUT2D eigenvalue weighted by Crippen LogP contribution is 2.53. The number of hydrogen-bond donors (Lipinski definition) is 2. The van der Waals surface area contributed by atoms with E-state index >= 15 is 0 Å². The standard InChI is InChI=1S/C28H26BN3O7/c33-21-10-9-20(26(35)31-21)32-27(36)17-8-4-5-14(22(17)28(32)37)13-30-25(34)19-12-15-11-18(19)24-23(15)38-29(39-24)16-6-2-1-3-7-16/h1-8,15,18-20,23-24H,9-13H2,(H,30,34)(H,31,33,35)/t15-,18+,19?,20?,23-,24+/m0/s1. The average molecular weight is 527 g/mol. The van der Waals surface area contributed by atoms with Crippen molar-refractivity contribution in [2.45, 2.75) is 50.5 Å². The normalized spacial score (nSPS) is 31.0. The molecule has 7 rings (SSSR count). The van der Waals surface area contributed by atoms with Crippen molar-refractivity contribution in [3.05, 3.63) is 65.2 Å². The van der Waals surface area contributed by atoms with E-state index in [1.54, 1.807) is 18.2 Å². The fourth-order valence-corrected chi connectivity index (χ4v) is 7.05. The Bertz CT molecular complexity index is 1420. The Morgan fingerprint density at radius 3 is 2.56 bits per heavy atom. The Balaban J connectivity index is 1.03. The Labute approximate surface area is 224 Å². The molecule has 0 radical (unpaired) electrons. The number of hydrogen-bond acceptors (Lipinski definition) is 7. The third-order valence-electron chi connectivity index (χ3n) is 8.84. The van der Waals surface area contributed by atoms with Gasteiger partial charge in [0.05, 0.1) is 23.3 Å². The van der Waals surface area contributed by atoms with Crippen molar-refractivity contribution in [3.63, 3.8) is 0 Å². The number of carbonyl (C=O) groups excluding carboxylic acids is 5. The van der Waals surface area contributed by atoms with Crippen LogP contribution >= 0.6 is 0 Å². The van der Waals surface area contributed by atoms with Crippen LogP contribution in [0.2, 0.25) is 0 Å². The first kappa shape index (κ1) is 24.2. The van der Waals surface area contributed by atoms with Gasteiger partial charge in [-0.05, 0) is 48.2 Å². The van der Waals surface area contributed by atoms with Gasteiger partial charge in [0.25, 0.3) is 11.8 Å². The molecule has 2 saturated carbocycles. The number of nitrogens with one attached hydrogen (secondary N) is 2. The highest BCUT2D eigenvalue weighted by atomic mass is 16.7. The molecule has 10 nitrogen and oxygen atoms in total. The van der Waals surface area contributed by atoms with Crippen molar-refractivity contribution in [1.82, 2.24) is 15.5 Å². The second kappa shape index (κ2) is 9.13. The van der Waals surface area contributed by atoms with Crippen LogP contribution in [0, 0.1) is 17.8 Å². The van der Waals surface area contributed by atoms with Crippen molar-refractivity contribution >= 4 is 42.1 Å². The van der Waals surface area contributed by atoms with Crippen molar-refractivity contribution in [1.29, 1.82) is 0 Å². The smallest absolute Gasteiger partial charge is 0.402 e. The van der Waals surface area contributed by atoms with Gasteiger partial charge in [-0.2, -0.15) is 0 Å². The molecule has 2 aliphatic carbocycles. The Hall–Kier alpha value is -3.83. The number of piperidine rings is 1. The molecular formula is C28H26BN3O7. The molecule has 198 valence electrons. The summed E-state index contributed by atoms with van der Waals surface area (Å²) < 4.78 is 12.5. The summed E-state index contributed by atoms with van der Waals surface area (Å²) >= 11 is 0. The monoisotopic (exact) mass is 527 g/mol. The summed E-state index contributed by atoms with van der Waals surface area (Å²) in [4.78, 5) is 64.6. The van der Waals surface area contributed by atoms with Gasteiger partial charge in [-0.15, -0.1) is 0 Å². The van der Waals surface area contributed by atoms with Crippen LogP contribution in [0.3, 0.4) is 0 Å². The second-order valence-electron chi connectivity index (χ2n) is 11.0. The van der Waals surface area contributed by atoms with Gasteiger partial charge < -0.3 is 14.6 Å². The molecule has 11 heteroatoms. The Morgan fingerprint density at radius 2 is 1.77 bits per heavy atom. The first-order chi connectivity index (χ1) is 18.9. The molecule has 2 aromatic rings. The fraction of sp³-hybridized carbons (Fsp3) is 0.393. The van der Waals surface area contributed by atoms with Crippen LogP contribution in [-0.4, -0.2) is 59.8 Å². The molecule has 2 N–H and O–H groups in total. The van der Waals surface area contributed by atoms with E-state index in [0.29, 0.717) is 5.56 Å². The molecule has 2 saturated heterocycles. The molecule has 5 aliphatic rings. The Morgan fingerprint density at radius 1 is 0.974 bits per heavy atom. The molecule has 39 heavy (non-hydrogen) atoms. The van der Waals surface area contributed by atoms with Crippen LogP contribution in [0.15, 0.2) is 48.5 Å². The zero-order valence-corrected chi connectivity index (χ0v) is 21.0. The maximum atomic E-state index is 13.3. The zero-order valence-electron chi connectivity index (χ0n) is 21.0. The molecule has 2 aromatic carbocycles. The van der Waals surface area contributed by atoms with E-state index in [1.807, 2.05) is 30.3 Å². The van der Waals surface area contributed by atoms with Crippen molar-refractivity contribution in [2.75, 3.05) is 0 Å². The number of amides is 5. The lowest BCUT2D eigenvalue weighted by molar-refractivity contribution is -0.136. The number of nitrogens with zero attached hydrogens (tertiary/aromatic N) is 1. The van der Waals surface area contributed by atoms with Crippen LogP contribution in [0.25, 0.3) is 0 Å². The molecular weight excluding hydrogens is 501 g/mol. The zero-order chi connectivity index (χ0) is 26.8. The lowest BCUT2D eigenvalue weighted by Gasteiger charge is -2.29. The molecule has 6 atom stereocenters. The van der Waals surface area contributed by atoms with Crippen LogP contribution in [0.5, 0.6) is 0 Å². The molecule has 4 fully saturated rings. The average Bonchev–Trinajstić information content (AvgIpc) is 3.69. The molecule has 3 heterocycles. The fourth-order valence-electron chi connectivity index (χ4n) is 7.05.